The SMILES string of the molecule is CCCCN(Cc1cc(F)cc(C(=N)N)c1)C(C)CC. The molecule has 1 unspecified atom stereocenters. The van der Waals surface area contributed by atoms with E-state index in [-0.39, 0.29) is 11.7 Å². The van der Waals surface area contributed by atoms with Crippen LogP contribution in [-0.4, -0.2) is 23.3 Å². The van der Waals surface area contributed by atoms with Gasteiger partial charge in [0.25, 0.3) is 0 Å². The normalized spacial score (nSPS) is 12.7. The minimum Gasteiger partial charge on any atom is -0.384 e. The lowest BCUT2D eigenvalue weighted by molar-refractivity contribution is 0.192. The van der Waals surface area contributed by atoms with Gasteiger partial charge in [0.1, 0.15) is 11.7 Å². The summed E-state index contributed by atoms with van der Waals surface area (Å²) in [4.78, 5) is 2.36. The third kappa shape index (κ3) is 4.93. The molecule has 112 valence electrons. The van der Waals surface area contributed by atoms with Gasteiger partial charge in [-0.2, -0.15) is 0 Å². The molecule has 0 radical (unpaired) electrons. The fraction of sp³-hybridized carbons (Fsp3) is 0.562. The summed E-state index contributed by atoms with van der Waals surface area (Å²) in [5, 5.41) is 7.44. The molecular formula is C16H26FN3. The summed E-state index contributed by atoms with van der Waals surface area (Å²) in [6, 6.07) is 5.12. The van der Waals surface area contributed by atoms with E-state index >= 15 is 0 Å². The second-order valence-corrected chi connectivity index (χ2v) is 5.34. The average molecular weight is 279 g/mol. The molecule has 0 aromatic heterocycles. The lowest BCUT2D eigenvalue weighted by Crippen LogP contribution is -2.33. The maximum absolute atomic E-state index is 13.6. The quantitative estimate of drug-likeness (QED) is 0.565. The van der Waals surface area contributed by atoms with Crippen molar-refractivity contribution in [3.05, 3.63) is 35.1 Å². The molecule has 0 fully saturated rings. The van der Waals surface area contributed by atoms with Gasteiger partial charge >= 0.3 is 0 Å². The van der Waals surface area contributed by atoms with Gasteiger partial charge < -0.3 is 5.73 Å². The minimum absolute atomic E-state index is 0.0885. The zero-order valence-corrected chi connectivity index (χ0v) is 12.7. The van der Waals surface area contributed by atoms with Crippen LogP contribution in [-0.2, 0) is 6.54 Å². The largest absolute Gasteiger partial charge is 0.384 e. The van der Waals surface area contributed by atoms with Crippen molar-refractivity contribution >= 4 is 5.84 Å². The van der Waals surface area contributed by atoms with E-state index in [1.54, 1.807) is 0 Å². The second-order valence-electron chi connectivity index (χ2n) is 5.34. The summed E-state index contributed by atoms with van der Waals surface area (Å²) in [5.41, 5.74) is 6.79. The van der Waals surface area contributed by atoms with Crippen LogP contribution in [0, 0.1) is 11.2 Å². The first-order valence-electron chi connectivity index (χ1n) is 7.35. The van der Waals surface area contributed by atoms with Crippen molar-refractivity contribution in [3.63, 3.8) is 0 Å². The van der Waals surface area contributed by atoms with E-state index in [1.165, 1.54) is 12.1 Å². The van der Waals surface area contributed by atoms with Gasteiger partial charge in [-0.15, -0.1) is 0 Å². The maximum Gasteiger partial charge on any atom is 0.124 e. The molecule has 0 spiro atoms. The standard InChI is InChI=1S/C16H26FN3/c1-4-6-7-20(12(3)5-2)11-13-8-14(16(18)19)10-15(17)9-13/h8-10,12H,4-7,11H2,1-3H3,(H3,18,19). The molecule has 0 heterocycles. The number of nitrogens with one attached hydrogen (secondary N) is 1. The van der Waals surface area contributed by atoms with E-state index in [4.69, 9.17) is 11.1 Å². The Kier molecular flexibility index (Phi) is 6.65. The molecule has 0 amide bonds. The fourth-order valence-corrected chi connectivity index (χ4v) is 2.21. The Labute approximate surface area is 121 Å². The molecule has 0 saturated heterocycles. The molecular weight excluding hydrogens is 253 g/mol. The van der Waals surface area contributed by atoms with Gasteiger partial charge in [-0.05, 0) is 50.1 Å². The number of halogens is 1. The zero-order chi connectivity index (χ0) is 15.1. The Morgan fingerprint density at radius 3 is 2.60 bits per heavy atom. The van der Waals surface area contributed by atoms with Crippen LogP contribution in [0.15, 0.2) is 18.2 Å². The van der Waals surface area contributed by atoms with Gasteiger partial charge in [0, 0.05) is 18.2 Å². The Balaban J connectivity index is 2.89. The molecule has 0 aliphatic heterocycles. The van der Waals surface area contributed by atoms with Crippen LogP contribution >= 0.6 is 0 Å². The van der Waals surface area contributed by atoms with Gasteiger partial charge in [0.05, 0.1) is 0 Å². The smallest absolute Gasteiger partial charge is 0.124 e. The summed E-state index contributed by atoms with van der Waals surface area (Å²) in [6.45, 7) is 8.24. The molecule has 0 aliphatic rings. The highest BCUT2D eigenvalue weighted by Gasteiger charge is 2.13. The number of hydrogen-bond donors (Lipinski definition) is 2. The van der Waals surface area contributed by atoms with Gasteiger partial charge in [-0.1, -0.05) is 20.3 Å². The monoisotopic (exact) mass is 279 g/mol. The average Bonchev–Trinajstić information content (AvgIpc) is 2.41. The summed E-state index contributed by atoms with van der Waals surface area (Å²) < 4.78 is 13.6. The van der Waals surface area contributed by atoms with Crippen LogP contribution in [0.4, 0.5) is 4.39 Å². The lowest BCUT2D eigenvalue weighted by Gasteiger charge is -2.28. The maximum atomic E-state index is 13.6. The lowest BCUT2D eigenvalue weighted by atomic mass is 10.1. The number of nitrogens with zero attached hydrogens (tertiary/aromatic N) is 1. The summed E-state index contributed by atoms with van der Waals surface area (Å²) in [7, 11) is 0. The predicted octanol–water partition coefficient (Wildman–Crippen LogP) is 3.51. The minimum atomic E-state index is -0.327. The van der Waals surface area contributed by atoms with Crippen LogP contribution in [0.3, 0.4) is 0 Å². The number of rotatable bonds is 8. The summed E-state index contributed by atoms with van der Waals surface area (Å²) >= 11 is 0. The molecule has 0 saturated carbocycles. The van der Waals surface area contributed by atoms with Gasteiger partial charge in [0.2, 0.25) is 0 Å². The molecule has 0 bridgehead atoms. The molecule has 3 N–H and O–H groups in total. The van der Waals surface area contributed by atoms with Crippen molar-refractivity contribution in [2.75, 3.05) is 6.54 Å². The number of nitrogen functional groups attached to an aromatic ring is 1. The topological polar surface area (TPSA) is 53.1 Å². The molecule has 3 nitrogen and oxygen atoms in total. The molecule has 1 aromatic rings. The van der Waals surface area contributed by atoms with Crippen molar-refractivity contribution in [2.45, 2.75) is 52.6 Å². The van der Waals surface area contributed by atoms with Crippen molar-refractivity contribution in [2.24, 2.45) is 5.73 Å². The summed E-state index contributed by atoms with van der Waals surface area (Å²) in [5.74, 6) is -0.415. The van der Waals surface area contributed by atoms with E-state index in [2.05, 4.69) is 25.7 Å². The van der Waals surface area contributed by atoms with Gasteiger partial charge in [-0.3, -0.25) is 10.3 Å². The van der Waals surface area contributed by atoms with E-state index in [0.29, 0.717) is 18.2 Å². The molecule has 20 heavy (non-hydrogen) atoms. The van der Waals surface area contributed by atoms with Crippen molar-refractivity contribution in [1.82, 2.24) is 4.90 Å². The van der Waals surface area contributed by atoms with Gasteiger partial charge in [0.15, 0.2) is 0 Å². The Morgan fingerprint density at radius 2 is 2.05 bits per heavy atom. The van der Waals surface area contributed by atoms with Crippen molar-refractivity contribution < 1.29 is 4.39 Å². The molecule has 0 aliphatic carbocycles. The van der Waals surface area contributed by atoms with Crippen molar-refractivity contribution in [3.8, 4) is 0 Å². The highest BCUT2D eigenvalue weighted by Crippen LogP contribution is 2.15. The van der Waals surface area contributed by atoms with E-state index < -0.39 is 0 Å². The number of unbranched alkanes of at least 4 members (excludes halogenated alkanes) is 1. The van der Waals surface area contributed by atoms with Crippen LogP contribution < -0.4 is 5.73 Å². The van der Waals surface area contributed by atoms with Crippen LogP contribution in [0.5, 0.6) is 0 Å². The molecule has 1 aromatic carbocycles. The van der Waals surface area contributed by atoms with Crippen molar-refractivity contribution in [1.29, 1.82) is 5.41 Å². The fourth-order valence-electron chi connectivity index (χ4n) is 2.21. The first-order valence-corrected chi connectivity index (χ1v) is 7.35. The first-order chi connectivity index (χ1) is 9.47. The molecule has 1 rings (SSSR count). The number of amidine groups is 1. The van der Waals surface area contributed by atoms with E-state index in [1.807, 2.05) is 6.07 Å². The molecule has 1 atom stereocenters. The van der Waals surface area contributed by atoms with E-state index in [9.17, 15) is 4.39 Å². The Bertz CT molecular complexity index is 445. The van der Waals surface area contributed by atoms with Crippen LogP contribution in [0.1, 0.15) is 51.2 Å². The number of benzene rings is 1. The zero-order valence-electron chi connectivity index (χ0n) is 12.7. The third-order valence-electron chi connectivity index (χ3n) is 3.67. The second kappa shape index (κ2) is 8.00. The van der Waals surface area contributed by atoms with Crippen LogP contribution in [0.25, 0.3) is 0 Å². The van der Waals surface area contributed by atoms with Gasteiger partial charge in [-0.25, -0.2) is 4.39 Å². The first kappa shape index (κ1) is 16.6. The van der Waals surface area contributed by atoms with Crippen LogP contribution in [0.2, 0.25) is 0 Å². The van der Waals surface area contributed by atoms with E-state index in [0.717, 1.165) is 31.4 Å². The number of nitrogens with two attached hydrogens (primary N) is 1. The number of hydrogen-bond acceptors (Lipinski definition) is 2. The highest BCUT2D eigenvalue weighted by atomic mass is 19.1. The summed E-state index contributed by atoms with van der Waals surface area (Å²) in [6.07, 6.45) is 3.35. The predicted molar refractivity (Wildman–Crippen MR) is 82.5 cm³/mol. The molecule has 4 heteroatoms. The Morgan fingerprint density at radius 1 is 1.35 bits per heavy atom. The third-order valence-corrected chi connectivity index (χ3v) is 3.67. The highest BCUT2D eigenvalue weighted by molar-refractivity contribution is 5.95. The Hall–Kier alpha value is -1.42.